The number of rotatable bonds is 0. The van der Waals surface area contributed by atoms with Gasteiger partial charge in [0.15, 0.2) is 0 Å². The van der Waals surface area contributed by atoms with Gasteiger partial charge in [0, 0.05) is 23.4 Å². The summed E-state index contributed by atoms with van der Waals surface area (Å²) in [5.41, 5.74) is 6.60. The lowest BCUT2D eigenvalue weighted by atomic mass is 9.96. The summed E-state index contributed by atoms with van der Waals surface area (Å²) in [6.45, 7) is 6.12. The van der Waals surface area contributed by atoms with E-state index in [1.54, 1.807) is 7.05 Å². The van der Waals surface area contributed by atoms with Crippen LogP contribution in [0.5, 0.6) is 0 Å². The molecule has 0 saturated heterocycles. The minimum absolute atomic E-state index is 0.207. The molecule has 3 nitrogen and oxygen atoms in total. The molecule has 1 heterocycles. The summed E-state index contributed by atoms with van der Waals surface area (Å²) in [6, 6.07) is 0. The van der Waals surface area contributed by atoms with E-state index in [0.717, 1.165) is 16.0 Å². The van der Waals surface area contributed by atoms with Gasteiger partial charge < -0.3 is 10.6 Å². The molecule has 14 heavy (non-hydrogen) atoms. The molecule has 0 spiro atoms. The molecule has 0 radical (unpaired) electrons. The number of hydrogen-bond acceptors (Lipinski definition) is 2. The lowest BCUT2D eigenvalue weighted by Crippen LogP contribution is -2.48. The first-order chi connectivity index (χ1) is 6.39. The van der Waals surface area contributed by atoms with Gasteiger partial charge in [-0.25, -0.2) is 0 Å². The third-order valence-electron chi connectivity index (χ3n) is 2.53. The molecule has 0 unspecified atom stereocenters. The number of amidine groups is 1. The Morgan fingerprint density at radius 3 is 2.64 bits per heavy atom. The van der Waals surface area contributed by atoms with E-state index in [1.807, 2.05) is 19.2 Å². The van der Waals surface area contributed by atoms with Gasteiger partial charge in [0.1, 0.15) is 5.84 Å². The third-order valence-corrected chi connectivity index (χ3v) is 2.96. The average molecular weight is 258 g/mol. The smallest absolute Gasteiger partial charge is 0.100 e. The van der Waals surface area contributed by atoms with Crippen molar-refractivity contribution in [2.45, 2.75) is 26.3 Å². The number of nitrogens with two attached hydrogens (primary N) is 1. The van der Waals surface area contributed by atoms with Crippen molar-refractivity contribution in [3.05, 3.63) is 22.5 Å². The second kappa shape index (κ2) is 3.77. The Kier molecular flexibility index (Phi) is 3.04. The highest BCUT2D eigenvalue weighted by Gasteiger charge is 2.31. The lowest BCUT2D eigenvalue weighted by Gasteiger charge is -2.40. The Morgan fingerprint density at radius 1 is 1.57 bits per heavy atom. The molecule has 1 aliphatic heterocycles. The van der Waals surface area contributed by atoms with Crippen LogP contribution in [0.3, 0.4) is 0 Å². The van der Waals surface area contributed by atoms with Crippen molar-refractivity contribution in [2.75, 3.05) is 7.05 Å². The number of halogens is 1. The molecule has 0 atom stereocenters. The van der Waals surface area contributed by atoms with Crippen LogP contribution >= 0.6 is 15.9 Å². The molecule has 0 aromatic carbocycles. The fourth-order valence-corrected chi connectivity index (χ4v) is 1.84. The van der Waals surface area contributed by atoms with E-state index in [0.29, 0.717) is 0 Å². The quantitative estimate of drug-likeness (QED) is 0.534. The molecule has 0 aromatic rings. The molecule has 0 amide bonds. The van der Waals surface area contributed by atoms with Crippen LogP contribution < -0.4 is 5.73 Å². The zero-order valence-electron chi connectivity index (χ0n) is 9.00. The zero-order chi connectivity index (χ0) is 10.9. The number of aliphatic imine (C=N–C) groups is 1. The average Bonchev–Trinajstić information content (AvgIpc) is 2.10. The van der Waals surface area contributed by atoms with Gasteiger partial charge >= 0.3 is 0 Å². The van der Waals surface area contributed by atoms with Crippen molar-refractivity contribution in [1.29, 1.82) is 0 Å². The highest BCUT2D eigenvalue weighted by molar-refractivity contribution is 9.11. The van der Waals surface area contributed by atoms with Crippen molar-refractivity contribution in [3.63, 3.8) is 0 Å². The highest BCUT2D eigenvalue weighted by Crippen LogP contribution is 2.29. The molecule has 0 aliphatic carbocycles. The first-order valence-electron chi connectivity index (χ1n) is 4.47. The summed E-state index contributed by atoms with van der Waals surface area (Å²) in [4.78, 5) is 6.23. The van der Waals surface area contributed by atoms with Crippen LogP contribution in [-0.4, -0.2) is 23.3 Å². The summed E-state index contributed by atoms with van der Waals surface area (Å²) in [7, 11) is 1.78. The minimum Gasteiger partial charge on any atom is -0.400 e. The molecule has 0 fully saturated rings. The molecule has 0 bridgehead atoms. The molecule has 1 rings (SSSR count). The molecule has 2 N–H and O–H groups in total. The normalized spacial score (nSPS) is 21.8. The van der Waals surface area contributed by atoms with Crippen molar-refractivity contribution in [3.8, 4) is 0 Å². The van der Waals surface area contributed by atoms with Crippen molar-refractivity contribution >= 4 is 21.8 Å². The van der Waals surface area contributed by atoms with Crippen LogP contribution in [-0.2, 0) is 0 Å². The molecule has 0 aromatic heterocycles. The summed E-state index contributed by atoms with van der Waals surface area (Å²) in [6.07, 6.45) is 3.93. The number of hydrogen-bond donors (Lipinski definition) is 1. The molecule has 78 valence electrons. The number of nitrogens with zero attached hydrogens (tertiary/aromatic N) is 2. The van der Waals surface area contributed by atoms with Crippen LogP contribution in [0.1, 0.15) is 20.8 Å². The maximum atomic E-state index is 5.98. The first-order valence-corrected chi connectivity index (χ1v) is 5.26. The fourth-order valence-electron chi connectivity index (χ4n) is 1.39. The van der Waals surface area contributed by atoms with Gasteiger partial charge in [0.05, 0.1) is 5.54 Å². The lowest BCUT2D eigenvalue weighted by molar-refractivity contribution is 0.324. The van der Waals surface area contributed by atoms with E-state index in [1.165, 1.54) is 0 Å². The Bertz CT molecular complexity index is 326. The molecule has 4 heteroatoms. The topological polar surface area (TPSA) is 41.6 Å². The van der Waals surface area contributed by atoms with Crippen molar-refractivity contribution in [1.82, 2.24) is 4.90 Å². The van der Waals surface area contributed by atoms with Crippen LogP contribution in [0.2, 0.25) is 0 Å². The van der Waals surface area contributed by atoms with Gasteiger partial charge in [-0.3, -0.25) is 4.99 Å². The van der Waals surface area contributed by atoms with E-state index < -0.39 is 0 Å². The SMILES string of the molecule is CN=C(C)N1C=C(Br)C=C(N)C1(C)C. The Balaban J connectivity index is 3.14. The molecule has 0 saturated carbocycles. The van der Waals surface area contributed by atoms with Crippen molar-refractivity contribution < 1.29 is 0 Å². The summed E-state index contributed by atoms with van der Waals surface area (Å²) < 4.78 is 0.970. The van der Waals surface area contributed by atoms with E-state index in [2.05, 4.69) is 39.7 Å². The Hall–Kier alpha value is -0.770. The van der Waals surface area contributed by atoms with Gasteiger partial charge in [0.2, 0.25) is 0 Å². The summed E-state index contributed by atoms with van der Waals surface area (Å²) in [5, 5.41) is 0. The standard InChI is InChI=1S/C10H16BrN3/c1-7(13-4)14-6-8(11)5-9(12)10(14,2)3/h5-6H,12H2,1-4H3. The fraction of sp³-hybridized carbons (Fsp3) is 0.500. The van der Waals surface area contributed by atoms with Crippen LogP contribution in [0.15, 0.2) is 27.4 Å². The van der Waals surface area contributed by atoms with E-state index in [4.69, 9.17) is 5.73 Å². The largest absolute Gasteiger partial charge is 0.400 e. The van der Waals surface area contributed by atoms with E-state index in [-0.39, 0.29) is 5.54 Å². The van der Waals surface area contributed by atoms with E-state index in [9.17, 15) is 0 Å². The van der Waals surface area contributed by atoms with Gasteiger partial charge in [-0.1, -0.05) is 0 Å². The summed E-state index contributed by atoms with van der Waals surface area (Å²) >= 11 is 3.43. The predicted octanol–water partition coefficient (Wildman–Crippen LogP) is 2.21. The minimum atomic E-state index is -0.207. The summed E-state index contributed by atoms with van der Waals surface area (Å²) in [5.74, 6) is 0.947. The first kappa shape index (κ1) is 11.3. The van der Waals surface area contributed by atoms with Crippen LogP contribution in [0, 0.1) is 0 Å². The van der Waals surface area contributed by atoms with Crippen LogP contribution in [0.4, 0.5) is 0 Å². The maximum absolute atomic E-state index is 5.98. The van der Waals surface area contributed by atoms with Gasteiger partial charge in [-0.05, 0) is 42.8 Å². The predicted molar refractivity (Wildman–Crippen MR) is 64.2 cm³/mol. The van der Waals surface area contributed by atoms with Gasteiger partial charge in [-0.15, -0.1) is 0 Å². The monoisotopic (exact) mass is 257 g/mol. The van der Waals surface area contributed by atoms with Crippen LogP contribution in [0.25, 0.3) is 0 Å². The maximum Gasteiger partial charge on any atom is 0.100 e. The zero-order valence-corrected chi connectivity index (χ0v) is 10.6. The second-order valence-corrected chi connectivity index (χ2v) is 4.73. The Labute approximate surface area is 93.5 Å². The van der Waals surface area contributed by atoms with Crippen molar-refractivity contribution in [2.24, 2.45) is 10.7 Å². The second-order valence-electron chi connectivity index (χ2n) is 3.81. The highest BCUT2D eigenvalue weighted by atomic mass is 79.9. The van der Waals surface area contributed by atoms with Gasteiger partial charge in [0.25, 0.3) is 0 Å². The van der Waals surface area contributed by atoms with E-state index >= 15 is 0 Å². The number of allylic oxidation sites excluding steroid dienone is 2. The van der Waals surface area contributed by atoms with Gasteiger partial charge in [-0.2, -0.15) is 0 Å². The third kappa shape index (κ3) is 1.85. The molecule has 1 aliphatic rings. The molecular weight excluding hydrogens is 242 g/mol. The Morgan fingerprint density at radius 2 is 2.14 bits per heavy atom. The molecular formula is C10H16BrN3.